The SMILES string of the molecule is C=CCN(CC=C)C(=O)N1CCC(CN2CCC(NC(=O)c3cc(Cl)c(N)nc3OC)CC2)CC1. The fraction of sp³-hybridized carbons (Fsp3) is 0.560. The summed E-state index contributed by atoms with van der Waals surface area (Å²) in [6.45, 7) is 13.0. The second-order valence-corrected chi connectivity index (χ2v) is 9.56. The van der Waals surface area contributed by atoms with Crippen molar-refractivity contribution in [1.29, 1.82) is 0 Å². The van der Waals surface area contributed by atoms with E-state index in [-0.39, 0.29) is 40.3 Å². The average molecular weight is 505 g/mol. The number of piperidine rings is 2. The highest BCUT2D eigenvalue weighted by Gasteiger charge is 2.29. The number of nitrogens with one attached hydrogen (secondary N) is 1. The normalized spacial score (nSPS) is 17.6. The lowest BCUT2D eigenvalue weighted by atomic mass is 9.94. The molecule has 2 saturated heterocycles. The van der Waals surface area contributed by atoms with Crippen LogP contribution in [-0.4, -0.2) is 90.6 Å². The molecular weight excluding hydrogens is 468 g/mol. The Balaban J connectivity index is 1.42. The minimum absolute atomic E-state index is 0.0639. The molecule has 2 aliphatic heterocycles. The predicted molar refractivity (Wildman–Crippen MR) is 139 cm³/mol. The van der Waals surface area contributed by atoms with E-state index in [4.69, 9.17) is 22.1 Å². The molecular formula is C25H37ClN6O3. The van der Waals surface area contributed by atoms with Gasteiger partial charge in [-0.15, -0.1) is 13.2 Å². The first-order valence-corrected chi connectivity index (χ1v) is 12.5. The molecule has 3 amide bonds. The standard InChI is InChI=1S/C25H37ClN6O3/c1-4-10-31(11-5-2)25(34)32-14-6-18(7-15-32)17-30-12-8-19(9-13-30)28-23(33)20-16-21(26)22(27)29-24(20)35-3/h4-5,16,18-19H,1-2,6-15,17H2,3H3,(H2,27,29)(H,28,33). The number of nitrogens with two attached hydrogens (primary N) is 1. The van der Waals surface area contributed by atoms with Crippen molar-refractivity contribution in [3.63, 3.8) is 0 Å². The van der Waals surface area contributed by atoms with Gasteiger partial charge < -0.3 is 30.5 Å². The minimum atomic E-state index is -0.256. The number of methoxy groups -OCH3 is 1. The van der Waals surface area contributed by atoms with Crippen molar-refractivity contribution >= 4 is 29.4 Å². The van der Waals surface area contributed by atoms with Crippen LogP contribution in [0.25, 0.3) is 0 Å². The fourth-order valence-electron chi connectivity index (χ4n) is 4.74. The van der Waals surface area contributed by atoms with Crippen molar-refractivity contribution in [2.45, 2.75) is 31.7 Å². The number of carbonyl (C=O) groups excluding carboxylic acids is 2. The Kier molecular flexibility index (Phi) is 9.80. The topological polar surface area (TPSA) is 104 Å². The van der Waals surface area contributed by atoms with Crippen molar-refractivity contribution in [1.82, 2.24) is 25.0 Å². The number of anilines is 1. The van der Waals surface area contributed by atoms with Crippen LogP contribution in [0.5, 0.6) is 5.88 Å². The Labute approximate surface area is 212 Å². The van der Waals surface area contributed by atoms with Gasteiger partial charge in [-0.05, 0) is 37.7 Å². The third kappa shape index (κ3) is 7.11. The molecule has 1 aromatic heterocycles. The highest BCUT2D eigenvalue weighted by Crippen LogP contribution is 2.26. The third-order valence-corrected chi connectivity index (χ3v) is 7.00. The third-order valence-electron chi connectivity index (χ3n) is 6.70. The lowest BCUT2D eigenvalue weighted by molar-refractivity contribution is 0.0885. The fourth-order valence-corrected chi connectivity index (χ4v) is 4.89. The maximum absolute atomic E-state index is 12.8. The summed E-state index contributed by atoms with van der Waals surface area (Å²) in [6.07, 6.45) is 7.25. The minimum Gasteiger partial charge on any atom is -0.480 e. The van der Waals surface area contributed by atoms with Gasteiger partial charge in [0.15, 0.2) is 0 Å². The summed E-state index contributed by atoms with van der Waals surface area (Å²) in [5.41, 5.74) is 6.00. The van der Waals surface area contributed by atoms with Crippen molar-refractivity contribution in [3.05, 3.63) is 42.0 Å². The lowest BCUT2D eigenvalue weighted by Crippen LogP contribution is -2.49. The predicted octanol–water partition coefficient (Wildman–Crippen LogP) is 3.03. The van der Waals surface area contributed by atoms with Crippen LogP contribution in [0.15, 0.2) is 31.4 Å². The monoisotopic (exact) mass is 504 g/mol. The second kappa shape index (κ2) is 12.8. The first kappa shape index (κ1) is 26.8. The van der Waals surface area contributed by atoms with Crippen LogP contribution in [0.4, 0.5) is 10.6 Å². The number of nitrogen functional groups attached to an aromatic ring is 1. The molecule has 0 atom stereocenters. The molecule has 3 heterocycles. The number of ether oxygens (including phenoxy) is 1. The van der Waals surface area contributed by atoms with E-state index in [0.29, 0.717) is 19.0 Å². The molecule has 9 nitrogen and oxygen atoms in total. The summed E-state index contributed by atoms with van der Waals surface area (Å²) < 4.78 is 5.20. The lowest BCUT2D eigenvalue weighted by Gasteiger charge is -2.39. The van der Waals surface area contributed by atoms with Crippen molar-refractivity contribution in [3.8, 4) is 5.88 Å². The zero-order valence-electron chi connectivity index (χ0n) is 20.5. The number of nitrogens with zero attached hydrogens (tertiary/aromatic N) is 4. The molecule has 0 spiro atoms. The summed E-state index contributed by atoms with van der Waals surface area (Å²) in [7, 11) is 1.45. The number of likely N-dealkylation sites (tertiary alicyclic amines) is 2. The number of rotatable bonds is 9. The zero-order valence-corrected chi connectivity index (χ0v) is 21.3. The van der Waals surface area contributed by atoms with Crippen LogP contribution >= 0.6 is 11.6 Å². The van der Waals surface area contributed by atoms with Crippen LogP contribution in [0.3, 0.4) is 0 Å². The van der Waals surface area contributed by atoms with E-state index in [1.54, 1.807) is 17.1 Å². The smallest absolute Gasteiger partial charge is 0.320 e. The van der Waals surface area contributed by atoms with Crippen molar-refractivity contribution in [2.75, 3.05) is 58.7 Å². The molecule has 0 bridgehead atoms. The summed E-state index contributed by atoms with van der Waals surface area (Å²) in [5.74, 6) is 0.622. The van der Waals surface area contributed by atoms with Gasteiger partial charge in [-0.25, -0.2) is 4.79 Å². The van der Waals surface area contributed by atoms with Gasteiger partial charge in [-0.3, -0.25) is 4.79 Å². The van der Waals surface area contributed by atoms with Gasteiger partial charge in [0, 0.05) is 51.9 Å². The van der Waals surface area contributed by atoms with E-state index in [2.05, 4.69) is 28.4 Å². The van der Waals surface area contributed by atoms with E-state index < -0.39 is 0 Å². The molecule has 3 N–H and O–H groups in total. The summed E-state index contributed by atoms with van der Waals surface area (Å²) in [6, 6.07) is 1.65. The first-order chi connectivity index (χ1) is 16.9. The van der Waals surface area contributed by atoms with E-state index in [9.17, 15) is 9.59 Å². The number of hydrogen-bond donors (Lipinski definition) is 2. The highest BCUT2D eigenvalue weighted by atomic mass is 35.5. The summed E-state index contributed by atoms with van der Waals surface area (Å²) in [5, 5.41) is 3.31. The van der Waals surface area contributed by atoms with Crippen LogP contribution in [0.2, 0.25) is 5.02 Å². The van der Waals surface area contributed by atoms with E-state index in [1.807, 2.05) is 4.90 Å². The first-order valence-electron chi connectivity index (χ1n) is 12.1. The second-order valence-electron chi connectivity index (χ2n) is 9.16. The molecule has 0 aliphatic carbocycles. The molecule has 10 heteroatoms. The number of amides is 3. The maximum Gasteiger partial charge on any atom is 0.320 e. The van der Waals surface area contributed by atoms with Crippen LogP contribution in [0.1, 0.15) is 36.0 Å². The molecule has 0 saturated carbocycles. The molecule has 35 heavy (non-hydrogen) atoms. The summed E-state index contributed by atoms with van der Waals surface area (Å²) >= 11 is 6.05. The maximum atomic E-state index is 12.8. The van der Waals surface area contributed by atoms with E-state index in [1.165, 1.54) is 13.2 Å². The van der Waals surface area contributed by atoms with Gasteiger partial charge in [-0.1, -0.05) is 23.8 Å². The Hall–Kier alpha value is -2.78. The number of halogens is 1. The number of pyridine rings is 1. The molecule has 2 fully saturated rings. The number of urea groups is 1. The van der Waals surface area contributed by atoms with Gasteiger partial charge in [0.2, 0.25) is 5.88 Å². The van der Waals surface area contributed by atoms with Crippen molar-refractivity contribution in [2.24, 2.45) is 5.92 Å². The summed E-state index contributed by atoms with van der Waals surface area (Å²) in [4.78, 5) is 35.8. The van der Waals surface area contributed by atoms with Gasteiger partial charge in [-0.2, -0.15) is 4.98 Å². The molecule has 192 valence electrons. The van der Waals surface area contributed by atoms with E-state index >= 15 is 0 Å². The molecule has 2 aliphatic rings. The van der Waals surface area contributed by atoms with Crippen LogP contribution < -0.4 is 15.8 Å². The number of aromatic nitrogens is 1. The number of hydrogen-bond acceptors (Lipinski definition) is 6. The average Bonchev–Trinajstić information content (AvgIpc) is 2.86. The molecule has 3 rings (SSSR count). The van der Waals surface area contributed by atoms with E-state index in [0.717, 1.165) is 58.4 Å². The largest absolute Gasteiger partial charge is 0.480 e. The molecule has 0 unspecified atom stereocenters. The van der Waals surface area contributed by atoms with Gasteiger partial charge in [0.1, 0.15) is 11.4 Å². The highest BCUT2D eigenvalue weighted by molar-refractivity contribution is 6.33. The number of carbonyl (C=O) groups is 2. The quantitative estimate of drug-likeness (QED) is 0.501. The molecule has 0 radical (unpaired) electrons. The molecule has 0 aromatic carbocycles. The van der Waals surface area contributed by atoms with Gasteiger partial charge in [0.25, 0.3) is 5.91 Å². The van der Waals surface area contributed by atoms with Gasteiger partial charge >= 0.3 is 6.03 Å². The zero-order chi connectivity index (χ0) is 25.4. The Morgan fingerprint density at radius 1 is 1.20 bits per heavy atom. The van der Waals surface area contributed by atoms with Crippen LogP contribution in [-0.2, 0) is 0 Å². The van der Waals surface area contributed by atoms with Crippen molar-refractivity contribution < 1.29 is 14.3 Å². The Morgan fingerprint density at radius 3 is 2.40 bits per heavy atom. The Bertz CT molecular complexity index is 901. The van der Waals surface area contributed by atoms with Gasteiger partial charge in [0.05, 0.1) is 12.1 Å². The molecule has 1 aromatic rings. The van der Waals surface area contributed by atoms with Crippen LogP contribution in [0, 0.1) is 5.92 Å². The Morgan fingerprint density at radius 2 is 1.83 bits per heavy atom.